The number of hydrogen-bond acceptors (Lipinski definition) is 4. The van der Waals surface area contributed by atoms with Crippen LogP contribution in [0.2, 0.25) is 5.02 Å². The number of halogens is 1. The highest BCUT2D eigenvalue weighted by Crippen LogP contribution is 2.21. The summed E-state index contributed by atoms with van der Waals surface area (Å²) in [6.07, 6.45) is 0. The Morgan fingerprint density at radius 1 is 1.47 bits per heavy atom. The summed E-state index contributed by atoms with van der Waals surface area (Å²) in [6, 6.07) is 5.25. The van der Waals surface area contributed by atoms with Crippen molar-refractivity contribution in [2.45, 2.75) is 26.1 Å². The molecule has 102 valence electrons. The summed E-state index contributed by atoms with van der Waals surface area (Å²) in [6.45, 7) is 2.86. The molecule has 1 aliphatic heterocycles. The van der Waals surface area contributed by atoms with E-state index in [2.05, 4.69) is 5.32 Å². The highest BCUT2D eigenvalue weighted by Gasteiger charge is 2.30. The lowest BCUT2D eigenvalue weighted by Gasteiger charge is -2.31. The summed E-state index contributed by atoms with van der Waals surface area (Å²) in [7, 11) is 0. The molecule has 1 aromatic carbocycles. The molecular weight excluding hydrogens is 266 g/mol. The van der Waals surface area contributed by atoms with Gasteiger partial charge in [-0.3, -0.25) is 19.8 Å². The first-order valence-electron chi connectivity index (χ1n) is 6.06. The lowest BCUT2D eigenvalue weighted by molar-refractivity contribution is -0.139. The number of nitrogens with one attached hydrogen (secondary N) is 1. The third-order valence-electron chi connectivity index (χ3n) is 3.26. The maximum absolute atomic E-state index is 11.6. The van der Waals surface area contributed by atoms with E-state index in [4.69, 9.17) is 17.3 Å². The van der Waals surface area contributed by atoms with E-state index in [-0.39, 0.29) is 24.4 Å². The Labute approximate surface area is 116 Å². The standard InChI is InChI=1S/C13H16ClN3O2/c1-8-13(19)16-12(18)7-17(8)6-10-3-2-9(5-15)4-11(10)14/h2-4,8H,5-7,15H2,1H3,(H,16,18,19). The number of carbonyl (C=O) groups excluding carboxylic acids is 2. The van der Waals surface area contributed by atoms with Gasteiger partial charge in [0.05, 0.1) is 12.6 Å². The van der Waals surface area contributed by atoms with E-state index >= 15 is 0 Å². The largest absolute Gasteiger partial charge is 0.326 e. The SMILES string of the molecule is CC1C(=O)NC(=O)CN1Cc1ccc(CN)cc1Cl. The van der Waals surface area contributed by atoms with Gasteiger partial charge in [-0.25, -0.2) is 0 Å². The summed E-state index contributed by atoms with van der Waals surface area (Å²) in [5.41, 5.74) is 7.38. The normalized spacial score (nSPS) is 20.5. The zero-order chi connectivity index (χ0) is 14.0. The van der Waals surface area contributed by atoms with Crippen molar-refractivity contribution in [1.29, 1.82) is 0 Å². The van der Waals surface area contributed by atoms with Crippen LogP contribution in [0, 0.1) is 0 Å². The van der Waals surface area contributed by atoms with Crippen LogP contribution in [0.15, 0.2) is 18.2 Å². The maximum atomic E-state index is 11.6. The van der Waals surface area contributed by atoms with Gasteiger partial charge in [-0.05, 0) is 24.1 Å². The highest BCUT2D eigenvalue weighted by molar-refractivity contribution is 6.31. The minimum Gasteiger partial charge on any atom is -0.326 e. The van der Waals surface area contributed by atoms with Gasteiger partial charge in [-0.15, -0.1) is 0 Å². The molecule has 0 aromatic heterocycles. The molecule has 0 radical (unpaired) electrons. The number of carbonyl (C=O) groups is 2. The number of hydrogen-bond donors (Lipinski definition) is 2. The van der Waals surface area contributed by atoms with Crippen molar-refractivity contribution in [3.8, 4) is 0 Å². The summed E-state index contributed by atoms with van der Waals surface area (Å²) < 4.78 is 0. The molecule has 1 aromatic rings. The van der Waals surface area contributed by atoms with Crippen LogP contribution in [-0.2, 0) is 22.7 Å². The quantitative estimate of drug-likeness (QED) is 0.798. The minimum atomic E-state index is -0.344. The van der Waals surface area contributed by atoms with Crippen LogP contribution in [-0.4, -0.2) is 29.3 Å². The third kappa shape index (κ3) is 3.12. The number of benzene rings is 1. The molecule has 2 rings (SSSR count). The van der Waals surface area contributed by atoms with Gasteiger partial charge >= 0.3 is 0 Å². The molecule has 2 amide bonds. The second-order valence-electron chi connectivity index (χ2n) is 4.62. The molecule has 1 fully saturated rings. The van der Waals surface area contributed by atoms with Gasteiger partial charge in [-0.2, -0.15) is 0 Å². The molecule has 19 heavy (non-hydrogen) atoms. The second-order valence-corrected chi connectivity index (χ2v) is 5.03. The fourth-order valence-corrected chi connectivity index (χ4v) is 2.29. The zero-order valence-electron chi connectivity index (χ0n) is 10.6. The number of piperazine rings is 1. The maximum Gasteiger partial charge on any atom is 0.243 e. The van der Waals surface area contributed by atoms with Gasteiger partial charge in [0.15, 0.2) is 0 Å². The number of amides is 2. The van der Waals surface area contributed by atoms with E-state index in [1.807, 2.05) is 18.2 Å². The van der Waals surface area contributed by atoms with Gasteiger partial charge in [0, 0.05) is 18.1 Å². The van der Waals surface area contributed by atoms with Crippen LogP contribution in [0.1, 0.15) is 18.1 Å². The Balaban J connectivity index is 2.16. The molecule has 0 aliphatic carbocycles. The average molecular weight is 282 g/mol. The van der Waals surface area contributed by atoms with E-state index in [1.54, 1.807) is 11.8 Å². The van der Waals surface area contributed by atoms with Crippen LogP contribution in [0.5, 0.6) is 0 Å². The predicted molar refractivity (Wildman–Crippen MR) is 72.4 cm³/mol. The Morgan fingerprint density at radius 3 is 2.84 bits per heavy atom. The molecule has 3 N–H and O–H groups in total. The average Bonchev–Trinajstić information content (AvgIpc) is 2.37. The van der Waals surface area contributed by atoms with Crippen LogP contribution in [0.25, 0.3) is 0 Å². The smallest absolute Gasteiger partial charge is 0.243 e. The van der Waals surface area contributed by atoms with Crippen molar-refractivity contribution < 1.29 is 9.59 Å². The zero-order valence-corrected chi connectivity index (χ0v) is 11.4. The van der Waals surface area contributed by atoms with Crippen molar-refractivity contribution in [3.63, 3.8) is 0 Å². The van der Waals surface area contributed by atoms with Crippen LogP contribution < -0.4 is 11.1 Å². The van der Waals surface area contributed by atoms with Gasteiger partial charge < -0.3 is 5.73 Å². The van der Waals surface area contributed by atoms with E-state index in [9.17, 15) is 9.59 Å². The fourth-order valence-electron chi connectivity index (χ4n) is 2.03. The van der Waals surface area contributed by atoms with Crippen LogP contribution in [0.3, 0.4) is 0 Å². The Bertz CT molecular complexity index is 519. The first-order chi connectivity index (χ1) is 9.01. The Hall–Kier alpha value is -1.43. The van der Waals surface area contributed by atoms with Gasteiger partial charge in [0.1, 0.15) is 0 Å². The van der Waals surface area contributed by atoms with Crippen LogP contribution >= 0.6 is 11.6 Å². The van der Waals surface area contributed by atoms with Crippen molar-refractivity contribution in [3.05, 3.63) is 34.3 Å². The number of rotatable bonds is 3. The number of nitrogens with zero attached hydrogens (tertiary/aromatic N) is 1. The number of nitrogens with two attached hydrogens (primary N) is 1. The molecular formula is C13H16ClN3O2. The minimum absolute atomic E-state index is 0.196. The fraction of sp³-hybridized carbons (Fsp3) is 0.385. The van der Waals surface area contributed by atoms with Crippen molar-refractivity contribution in [2.24, 2.45) is 5.73 Å². The van der Waals surface area contributed by atoms with Crippen molar-refractivity contribution >= 4 is 23.4 Å². The van der Waals surface area contributed by atoms with Crippen molar-refractivity contribution in [2.75, 3.05) is 6.54 Å². The third-order valence-corrected chi connectivity index (χ3v) is 3.61. The van der Waals surface area contributed by atoms with E-state index < -0.39 is 0 Å². The monoisotopic (exact) mass is 281 g/mol. The molecule has 0 bridgehead atoms. The molecule has 1 saturated heterocycles. The molecule has 0 spiro atoms. The lowest BCUT2D eigenvalue weighted by Crippen LogP contribution is -2.56. The van der Waals surface area contributed by atoms with Gasteiger partial charge in [0.25, 0.3) is 0 Å². The summed E-state index contributed by atoms with van der Waals surface area (Å²) in [5, 5.41) is 2.91. The molecule has 1 aliphatic rings. The van der Waals surface area contributed by atoms with Crippen LogP contribution in [0.4, 0.5) is 0 Å². The summed E-state index contributed by atoms with van der Waals surface area (Å²) >= 11 is 6.18. The summed E-state index contributed by atoms with van der Waals surface area (Å²) in [5.74, 6) is -0.552. The van der Waals surface area contributed by atoms with Gasteiger partial charge in [0.2, 0.25) is 11.8 Å². The summed E-state index contributed by atoms with van der Waals surface area (Å²) in [4.78, 5) is 24.7. The Morgan fingerprint density at radius 2 is 2.21 bits per heavy atom. The van der Waals surface area contributed by atoms with E-state index in [1.165, 1.54) is 0 Å². The predicted octanol–water partition coefficient (Wildman–Crippen LogP) is 0.646. The molecule has 1 atom stereocenters. The first kappa shape index (κ1) is 14.0. The Kier molecular flexibility index (Phi) is 4.19. The first-order valence-corrected chi connectivity index (χ1v) is 6.44. The molecule has 6 heteroatoms. The molecule has 1 unspecified atom stereocenters. The molecule has 0 saturated carbocycles. The highest BCUT2D eigenvalue weighted by atomic mass is 35.5. The molecule has 5 nitrogen and oxygen atoms in total. The van der Waals surface area contributed by atoms with E-state index in [0.717, 1.165) is 11.1 Å². The van der Waals surface area contributed by atoms with E-state index in [0.29, 0.717) is 18.1 Å². The molecule has 1 heterocycles. The number of imide groups is 1. The topological polar surface area (TPSA) is 75.4 Å². The second kappa shape index (κ2) is 5.69. The lowest BCUT2D eigenvalue weighted by atomic mass is 10.1. The van der Waals surface area contributed by atoms with Gasteiger partial charge in [-0.1, -0.05) is 23.7 Å². The van der Waals surface area contributed by atoms with Crippen molar-refractivity contribution in [1.82, 2.24) is 10.2 Å².